The van der Waals surface area contributed by atoms with Gasteiger partial charge in [0, 0.05) is 6.42 Å². The van der Waals surface area contributed by atoms with Crippen LogP contribution in [0.15, 0.2) is 72.9 Å². The molecule has 0 aliphatic rings. The summed E-state index contributed by atoms with van der Waals surface area (Å²) in [5, 5.41) is 23.8. The first kappa shape index (κ1) is 60.3. The molecule has 0 aromatic heterocycles. The van der Waals surface area contributed by atoms with Crippen LogP contribution in [0.2, 0.25) is 0 Å². The third-order valence-electron chi connectivity index (χ3n) is 11.8. The first-order valence-electron chi connectivity index (χ1n) is 26.7. The fourth-order valence-corrected chi connectivity index (χ4v) is 7.75. The highest BCUT2D eigenvalue weighted by Gasteiger charge is 2.24. The van der Waals surface area contributed by atoms with Crippen LogP contribution in [0.3, 0.4) is 0 Å². The van der Waals surface area contributed by atoms with Crippen molar-refractivity contribution in [3.63, 3.8) is 0 Å². The molecule has 1 amide bonds. The van der Waals surface area contributed by atoms with E-state index in [0.29, 0.717) is 19.3 Å². The van der Waals surface area contributed by atoms with Gasteiger partial charge in [0.05, 0.1) is 25.2 Å². The zero-order valence-electron chi connectivity index (χ0n) is 41.4. The van der Waals surface area contributed by atoms with Gasteiger partial charge in [0.15, 0.2) is 0 Å². The van der Waals surface area contributed by atoms with Gasteiger partial charge in [0.1, 0.15) is 6.10 Å². The minimum Gasteiger partial charge on any atom is -0.462 e. The second-order valence-electron chi connectivity index (χ2n) is 17.9. The SMILES string of the molecule is CC/C=C\C/C=C\C/C=C\C/C=C\C/C=C\CCCCCC(=O)OC(CCCCC/C=C\CCCCC)CC(=O)NC(CO)C(O)CCCCCCCCCCCCCCCCC. The van der Waals surface area contributed by atoms with E-state index in [1.807, 2.05) is 0 Å². The smallest absolute Gasteiger partial charge is 0.306 e. The first-order chi connectivity index (χ1) is 31.0. The Morgan fingerprint density at radius 2 is 0.857 bits per heavy atom. The summed E-state index contributed by atoms with van der Waals surface area (Å²) in [6, 6.07) is -0.715. The van der Waals surface area contributed by atoms with Crippen molar-refractivity contribution in [3.8, 4) is 0 Å². The first-order valence-corrected chi connectivity index (χ1v) is 26.7. The van der Waals surface area contributed by atoms with Gasteiger partial charge in [-0.3, -0.25) is 9.59 Å². The normalized spacial score (nSPS) is 13.8. The lowest BCUT2D eigenvalue weighted by atomic mass is 10.0. The van der Waals surface area contributed by atoms with Gasteiger partial charge in [0.25, 0.3) is 0 Å². The van der Waals surface area contributed by atoms with Gasteiger partial charge >= 0.3 is 5.97 Å². The van der Waals surface area contributed by atoms with E-state index < -0.39 is 18.2 Å². The molecule has 0 aromatic rings. The lowest BCUT2D eigenvalue weighted by Gasteiger charge is -2.24. The predicted molar refractivity (Wildman–Crippen MR) is 273 cm³/mol. The lowest BCUT2D eigenvalue weighted by molar-refractivity contribution is -0.151. The van der Waals surface area contributed by atoms with Crippen LogP contribution in [0.4, 0.5) is 0 Å². The van der Waals surface area contributed by atoms with Crippen molar-refractivity contribution in [3.05, 3.63) is 72.9 Å². The lowest BCUT2D eigenvalue weighted by Crippen LogP contribution is -2.46. The molecule has 0 saturated carbocycles. The summed E-state index contributed by atoms with van der Waals surface area (Å²) >= 11 is 0. The molecular weight excluding hydrogens is 779 g/mol. The molecule has 0 fully saturated rings. The molecule has 6 nitrogen and oxygen atoms in total. The zero-order chi connectivity index (χ0) is 45.9. The second kappa shape index (κ2) is 50.3. The molecule has 0 aromatic carbocycles. The number of amides is 1. The summed E-state index contributed by atoms with van der Waals surface area (Å²) in [6.07, 6.45) is 63.9. The van der Waals surface area contributed by atoms with Gasteiger partial charge in [0.2, 0.25) is 5.91 Å². The Balaban J connectivity index is 4.54. The number of aliphatic hydroxyl groups is 2. The number of ether oxygens (including phenoxy) is 1. The fourth-order valence-electron chi connectivity index (χ4n) is 7.75. The van der Waals surface area contributed by atoms with Crippen LogP contribution in [-0.4, -0.2) is 46.9 Å². The predicted octanol–water partition coefficient (Wildman–Crippen LogP) is 16.2. The molecular formula is C57H101NO5. The number of hydrogen-bond acceptors (Lipinski definition) is 5. The van der Waals surface area contributed by atoms with Crippen molar-refractivity contribution >= 4 is 11.9 Å². The van der Waals surface area contributed by atoms with Crippen LogP contribution in [0.25, 0.3) is 0 Å². The maximum absolute atomic E-state index is 13.2. The molecule has 0 aliphatic heterocycles. The number of unbranched alkanes of at least 4 members (excludes halogenated alkanes) is 23. The molecule has 0 saturated heterocycles. The number of rotatable bonds is 47. The monoisotopic (exact) mass is 880 g/mol. The van der Waals surface area contributed by atoms with E-state index in [1.54, 1.807) is 0 Å². The molecule has 3 N–H and O–H groups in total. The Bertz CT molecular complexity index is 1170. The van der Waals surface area contributed by atoms with Gasteiger partial charge in [-0.1, -0.05) is 216 Å². The van der Waals surface area contributed by atoms with Crippen LogP contribution >= 0.6 is 0 Å². The zero-order valence-corrected chi connectivity index (χ0v) is 41.4. The number of allylic oxidation sites excluding steroid dienone is 12. The molecule has 63 heavy (non-hydrogen) atoms. The van der Waals surface area contributed by atoms with E-state index >= 15 is 0 Å². The molecule has 3 atom stereocenters. The average Bonchev–Trinajstić information content (AvgIpc) is 3.28. The summed E-state index contributed by atoms with van der Waals surface area (Å²) in [6.45, 7) is 6.33. The van der Waals surface area contributed by atoms with Crippen molar-refractivity contribution in [1.82, 2.24) is 5.32 Å². The summed E-state index contributed by atoms with van der Waals surface area (Å²) < 4.78 is 5.91. The molecule has 0 bridgehead atoms. The van der Waals surface area contributed by atoms with E-state index in [1.165, 1.54) is 96.3 Å². The third kappa shape index (κ3) is 45.7. The van der Waals surface area contributed by atoms with E-state index in [9.17, 15) is 19.8 Å². The quantitative estimate of drug-likeness (QED) is 0.0321. The summed E-state index contributed by atoms with van der Waals surface area (Å²) in [4.78, 5) is 26.1. The number of hydrogen-bond donors (Lipinski definition) is 3. The van der Waals surface area contributed by atoms with Crippen LogP contribution in [0, 0.1) is 0 Å². The Morgan fingerprint density at radius 3 is 1.35 bits per heavy atom. The topological polar surface area (TPSA) is 95.9 Å². The number of carbonyl (C=O) groups is 2. The Kier molecular flexibility index (Phi) is 48.1. The Labute approximate surface area is 390 Å². The molecule has 6 heteroatoms. The van der Waals surface area contributed by atoms with Gasteiger partial charge < -0.3 is 20.3 Å². The van der Waals surface area contributed by atoms with Crippen LogP contribution in [0.5, 0.6) is 0 Å². The standard InChI is InChI=1S/C57H101NO5/c1-4-7-10-13-16-19-22-24-26-27-28-29-31-33-35-38-41-44-47-50-57(62)63-53(48-45-42-39-36-21-18-15-12-9-6-3)51-56(61)58-54(52-59)55(60)49-46-43-40-37-34-32-30-25-23-20-17-14-11-8-5-2/h7,10,16,18-19,21,24,26,28-29,33,35,53-55,59-60H,4-6,8-9,11-15,17,20,22-23,25,27,30-32,34,36-52H2,1-3H3,(H,58,61)/b10-7-,19-16-,21-18-,26-24-,29-28-,35-33-. The number of aliphatic hydroxyl groups excluding tert-OH is 2. The van der Waals surface area contributed by atoms with E-state index in [2.05, 4.69) is 99.0 Å². The molecule has 0 aliphatic carbocycles. The van der Waals surface area contributed by atoms with Crippen molar-refractivity contribution in [1.29, 1.82) is 0 Å². The van der Waals surface area contributed by atoms with Crippen LogP contribution in [0.1, 0.15) is 252 Å². The Hall–Kier alpha value is -2.70. The van der Waals surface area contributed by atoms with Crippen molar-refractivity contribution in [2.45, 2.75) is 270 Å². The molecule has 364 valence electrons. The van der Waals surface area contributed by atoms with E-state index in [4.69, 9.17) is 4.74 Å². The molecule has 0 rings (SSSR count). The minimum absolute atomic E-state index is 0.0509. The van der Waals surface area contributed by atoms with Crippen molar-refractivity contribution in [2.24, 2.45) is 0 Å². The molecule has 0 radical (unpaired) electrons. The number of nitrogens with one attached hydrogen (secondary N) is 1. The van der Waals surface area contributed by atoms with E-state index in [-0.39, 0.29) is 24.9 Å². The average molecular weight is 880 g/mol. The minimum atomic E-state index is -0.799. The number of carbonyl (C=O) groups excluding carboxylic acids is 2. The largest absolute Gasteiger partial charge is 0.462 e. The van der Waals surface area contributed by atoms with Gasteiger partial charge in [-0.15, -0.1) is 0 Å². The van der Waals surface area contributed by atoms with Crippen molar-refractivity contribution < 1.29 is 24.5 Å². The highest BCUT2D eigenvalue weighted by atomic mass is 16.5. The molecule has 0 spiro atoms. The maximum Gasteiger partial charge on any atom is 0.306 e. The molecule has 3 unspecified atom stereocenters. The second-order valence-corrected chi connectivity index (χ2v) is 17.9. The number of esters is 1. The molecule has 0 heterocycles. The Morgan fingerprint density at radius 1 is 0.476 bits per heavy atom. The van der Waals surface area contributed by atoms with Crippen molar-refractivity contribution in [2.75, 3.05) is 6.61 Å². The van der Waals surface area contributed by atoms with Gasteiger partial charge in [-0.2, -0.15) is 0 Å². The maximum atomic E-state index is 13.2. The highest BCUT2D eigenvalue weighted by molar-refractivity contribution is 5.77. The van der Waals surface area contributed by atoms with E-state index in [0.717, 1.165) is 109 Å². The summed E-state index contributed by atoms with van der Waals surface area (Å²) in [7, 11) is 0. The highest BCUT2D eigenvalue weighted by Crippen LogP contribution is 2.17. The summed E-state index contributed by atoms with van der Waals surface area (Å²) in [5.74, 6) is -0.529. The fraction of sp³-hybridized carbons (Fsp3) is 0.754. The van der Waals surface area contributed by atoms with Crippen LogP contribution < -0.4 is 5.32 Å². The van der Waals surface area contributed by atoms with Gasteiger partial charge in [-0.05, 0) is 96.3 Å². The summed E-state index contributed by atoms with van der Waals surface area (Å²) in [5.41, 5.74) is 0. The van der Waals surface area contributed by atoms with Crippen LogP contribution in [-0.2, 0) is 14.3 Å². The third-order valence-corrected chi connectivity index (χ3v) is 11.8. The van der Waals surface area contributed by atoms with Gasteiger partial charge in [-0.25, -0.2) is 0 Å².